The van der Waals surface area contributed by atoms with E-state index >= 15 is 0 Å². The molecule has 1 heteroatoms. The third-order valence-corrected chi connectivity index (χ3v) is 17.8. The molecule has 0 aliphatic heterocycles. The highest BCUT2D eigenvalue weighted by Crippen LogP contribution is 2.64. The number of nitrogens with zero attached hydrogens (tertiary/aromatic N) is 1. The van der Waals surface area contributed by atoms with E-state index in [1.165, 1.54) is 99.1 Å². The second-order valence-electron chi connectivity index (χ2n) is 23.8. The molecule has 3 atom stereocenters. The fourth-order valence-electron chi connectivity index (χ4n) is 13.1. The number of para-hydroxylation sites is 1. The van der Waals surface area contributed by atoms with Gasteiger partial charge in [0.2, 0.25) is 0 Å². The van der Waals surface area contributed by atoms with Crippen molar-refractivity contribution in [1.29, 1.82) is 0 Å². The second-order valence-corrected chi connectivity index (χ2v) is 23.8. The van der Waals surface area contributed by atoms with Crippen LogP contribution in [0.1, 0.15) is 106 Å². The van der Waals surface area contributed by atoms with Gasteiger partial charge in [0, 0.05) is 23.0 Å². The van der Waals surface area contributed by atoms with E-state index < -0.39 is 5.41 Å². The first-order valence-electron chi connectivity index (χ1n) is 27.0. The maximum absolute atomic E-state index is 2.62. The van der Waals surface area contributed by atoms with Crippen molar-refractivity contribution >= 4 is 49.4 Å². The van der Waals surface area contributed by atoms with Crippen LogP contribution < -0.4 is 4.90 Å². The van der Waals surface area contributed by atoms with Crippen molar-refractivity contribution in [1.82, 2.24) is 0 Å². The van der Waals surface area contributed by atoms with Crippen LogP contribution in [0.15, 0.2) is 230 Å². The van der Waals surface area contributed by atoms with Crippen molar-refractivity contribution < 1.29 is 0 Å². The average molecular weight is 956 g/mol. The van der Waals surface area contributed by atoms with Crippen LogP contribution in [0, 0.1) is 10.8 Å². The molecule has 10 aromatic rings. The second kappa shape index (κ2) is 17.2. The molecule has 10 aromatic carbocycles. The molecule has 0 saturated heterocycles. The monoisotopic (exact) mass is 956 g/mol. The number of benzene rings is 10. The maximum Gasteiger partial charge on any atom is 0.0726 e. The Morgan fingerprint density at radius 1 is 0.459 bits per heavy atom. The largest absolute Gasteiger partial charge is 0.310 e. The fraction of sp³-hybridized carbons (Fsp3) is 0.205. The molecule has 0 amide bonds. The third-order valence-electron chi connectivity index (χ3n) is 17.8. The molecule has 0 aromatic heterocycles. The molecule has 0 bridgehead atoms. The van der Waals surface area contributed by atoms with E-state index in [2.05, 4.69) is 278 Å². The summed E-state index contributed by atoms with van der Waals surface area (Å²) in [5, 5.41) is 7.81. The molecule has 13 rings (SSSR count). The molecule has 1 nitrogen and oxygen atoms in total. The van der Waals surface area contributed by atoms with Crippen molar-refractivity contribution in [2.75, 3.05) is 4.90 Å². The Balaban J connectivity index is 1.03. The molecule has 1 spiro atoms. The molecule has 0 fully saturated rings. The topological polar surface area (TPSA) is 3.24 Å². The van der Waals surface area contributed by atoms with Gasteiger partial charge in [0.1, 0.15) is 0 Å². The Bertz CT molecular complexity index is 3900. The number of allylic oxidation sites excluding steroid dienone is 4. The van der Waals surface area contributed by atoms with Crippen molar-refractivity contribution in [3.05, 3.63) is 269 Å². The summed E-state index contributed by atoms with van der Waals surface area (Å²) in [7, 11) is 0. The first-order valence-corrected chi connectivity index (χ1v) is 27.0. The van der Waals surface area contributed by atoms with E-state index in [-0.39, 0.29) is 16.2 Å². The van der Waals surface area contributed by atoms with E-state index in [9.17, 15) is 0 Å². The lowest BCUT2D eigenvalue weighted by atomic mass is 9.63. The number of aryl methyl sites for hydroxylation is 1. The van der Waals surface area contributed by atoms with Crippen molar-refractivity contribution in [2.45, 2.75) is 84.5 Å². The van der Waals surface area contributed by atoms with Gasteiger partial charge in [0.15, 0.2) is 0 Å². The number of anilines is 3. The number of hydrogen-bond donors (Lipinski definition) is 0. The molecular formula is C73H65N. The van der Waals surface area contributed by atoms with Gasteiger partial charge in [0.05, 0.1) is 5.41 Å². The minimum absolute atomic E-state index is 0.0482. The molecule has 0 radical (unpaired) electrons. The van der Waals surface area contributed by atoms with Crippen LogP contribution >= 0.6 is 0 Å². The molecule has 3 aliphatic carbocycles. The Labute approximate surface area is 438 Å². The Morgan fingerprint density at radius 2 is 0.986 bits per heavy atom. The lowest BCUT2D eigenvalue weighted by Crippen LogP contribution is -2.31. The van der Waals surface area contributed by atoms with Crippen molar-refractivity contribution in [2.24, 2.45) is 10.8 Å². The first-order chi connectivity index (χ1) is 35.8. The van der Waals surface area contributed by atoms with Crippen LogP contribution in [-0.2, 0) is 17.3 Å². The van der Waals surface area contributed by atoms with Crippen LogP contribution in [0.5, 0.6) is 0 Å². The lowest BCUT2D eigenvalue weighted by Gasteiger charge is -2.41. The predicted molar refractivity (Wildman–Crippen MR) is 316 cm³/mol. The molecule has 362 valence electrons. The van der Waals surface area contributed by atoms with Gasteiger partial charge in [-0.1, -0.05) is 224 Å². The lowest BCUT2D eigenvalue weighted by molar-refractivity contribution is 0.169. The highest BCUT2D eigenvalue weighted by Gasteiger charge is 2.52. The summed E-state index contributed by atoms with van der Waals surface area (Å²) in [6.45, 7) is 16.4. The Kier molecular flexibility index (Phi) is 10.7. The van der Waals surface area contributed by atoms with Crippen LogP contribution in [0.2, 0.25) is 0 Å². The summed E-state index contributed by atoms with van der Waals surface area (Å²) in [4.78, 5) is 2.46. The highest BCUT2D eigenvalue weighted by atomic mass is 15.1. The SMILES string of the molecule is CC(C)(C)c1ccc(N(c2ccccc2)c2ccc3c(c2)C2(c4ccccc4-c4cc5c6ccccc6c6ccccc6c5cc42)c2cc(CCC(C4=CCC(C)(C(C)(C)C)C=C4)c4ccccc4)ccc2-3)cc1. The summed E-state index contributed by atoms with van der Waals surface area (Å²) in [5.74, 6) is 0.294. The molecule has 3 aliphatic rings. The van der Waals surface area contributed by atoms with E-state index in [1.807, 2.05) is 0 Å². The van der Waals surface area contributed by atoms with E-state index in [0.717, 1.165) is 36.3 Å². The normalized spacial score (nSPS) is 18.1. The molecular weight excluding hydrogens is 891 g/mol. The van der Waals surface area contributed by atoms with Gasteiger partial charge in [0.25, 0.3) is 0 Å². The van der Waals surface area contributed by atoms with Crippen molar-refractivity contribution in [3.8, 4) is 22.3 Å². The van der Waals surface area contributed by atoms with Gasteiger partial charge in [-0.3, -0.25) is 0 Å². The van der Waals surface area contributed by atoms with E-state index in [4.69, 9.17) is 0 Å². The molecule has 74 heavy (non-hydrogen) atoms. The van der Waals surface area contributed by atoms with E-state index in [1.54, 1.807) is 0 Å². The molecule has 0 N–H and O–H groups in total. The fourth-order valence-corrected chi connectivity index (χ4v) is 13.1. The first kappa shape index (κ1) is 46.1. The van der Waals surface area contributed by atoms with Gasteiger partial charge >= 0.3 is 0 Å². The summed E-state index contributed by atoms with van der Waals surface area (Å²) in [6.07, 6.45) is 10.5. The third kappa shape index (κ3) is 7.18. The van der Waals surface area contributed by atoms with Gasteiger partial charge in [-0.05, 0) is 183 Å². The Morgan fingerprint density at radius 3 is 1.62 bits per heavy atom. The van der Waals surface area contributed by atoms with Gasteiger partial charge in [-0.15, -0.1) is 0 Å². The van der Waals surface area contributed by atoms with Crippen molar-refractivity contribution in [3.63, 3.8) is 0 Å². The quantitative estimate of drug-likeness (QED) is 0.137. The molecule has 0 saturated carbocycles. The standard InChI is InChI=1S/C73H65N/c1-70(2,3)51-32-34-53(35-33-51)74(52-22-12-9-13-23-52)54-36-39-62-61-38-31-48(30-37-55(49-20-10-8-11-21-49)50-40-42-72(7,43-41-50)71(4,5)6)44-67(61)73(68(62)45-54)66-29-19-18-28-60(66)65-46-63-58-26-16-14-24-56(58)57-25-15-17-27-59(57)64(63)47-69(65)73/h8-29,31-36,38-42,44-47,55H,30,37,43H2,1-7H3. The van der Waals surface area contributed by atoms with Gasteiger partial charge < -0.3 is 4.90 Å². The number of fused-ring (bicyclic) bond motifs is 16. The molecule has 0 heterocycles. The van der Waals surface area contributed by atoms with Crippen LogP contribution in [0.25, 0.3) is 54.6 Å². The zero-order valence-electron chi connectivity index (χ0n) is 44.0. The summed E-state index contributed by atoms with van der Waals surface area (Å²) in [6, 6.07) is 78.8. The van der Waals surface area contributed by atoms with Crippen LogP contribution in [0.4, 0.5) is 17.1 Å². The Hall–Kier alpha value is -7.74. The van der Waals surface area contributed by atoms with Crippen LogP contribution in [0.3, 0.4) is 0 Å². The summed E-state index contributed by atoms with van der Waals surface area (Å²) < 4.78 is 0. The predicted octanol–water partition coefficient (Wildman–Crippen LogP) is 19.9. The molecule has 3 unspecified atom stereocenters. The average Bonchev–Trinajstić information content (AvgIpc) is 3.88. The zero-order valence-corrected chi connectivity index (χ0v) is 44.0. The number of hydrogen-bond acceptors (Lipinski definition) is 1. The maximum atomic E-state index is 2.62. The van der Waals surface area contributed by atoms with Crippen LogP contribution in [-0.4, -0.2) is 0 Å². The van der Waals surface area contributed by atoms with Gasteiger partial charge in [-0.25, -0.2) is 0 Å². The summed E-state index contributed by atoms with van der Waals surface area (Å²) in [5.41, 5.74) is 19.4. The minimum Gasteiger partial charge on any atom is -0.310 e. The smallest absolute Gasteiger partial charge is 0.0726 e. The summed E-state index contributed by atoms with van der Waals surface area (Å²) >= 11 is 0. The van der Waals surface area contributed by atoms with E-state index in [0.29, 0.717) is 5.92 Å². The highest BCUT2D eigenvalue weighted by molar-refractivity contribution is 6.26. The number of rotatable bonds is 8. The van der Waals surface area contributed by atoms with Gasteiger partial charge in [-0.2, -0.15) is 0 Å². The zero-order chi connectivity index (χ0) is 50.6. The minimum atomic E-state index is -0.577.